The number of hydrogen-bond acceptors (Lipinski definition) is 5. The molecule has 0 fully saturated rings. The lowest BCUT2D eigenvalue weighted by molar-refractivity contribution is 0.225. The Morgan fingerprint density at radius 1 is 1.23 bits per heavy atom. The summed E-state index contributed by atoms with van der Waals surface area (Å²) in [5, 5.41) is 4.63. The fourth-order valence-electron chi connectivity index (χ4n) is 2.86. The van der Waals surface area contributed by atoms with Crippen LogP contribution >= 0.6 is 0 Å². The molecular formula is C16H17N5O. The number of aromatic nitrogens is 3. The summed E-state index contributed by atoms with van der Waals surface area (Å²) in [5.74, 6) is 2.41. The largest absolute Gasteiger partial charge is 0.468 e. The Bertz CT molecular complexity index is 763. The molecule has 1 aliphatic heterocycles. The van der Waals surface area contributed by atoms with Crippen molar-refractivity contribution in [3.63, 3.8) is 0 Å². The maximum Gasteiger partial charge on any atom is 0.155 e. The predicted molar refractivity (Wildman–Crippen MR) is 82.3 cm³/mol. The number of rotatable bonds is 3. The van der Waals surface area contributed by atoms with Gasteiger partial charge in [0.25, 0.3) is 0 Å². The molecule has 0 saturated carbocycles. The normalized spacial score (nSPS) is 14.9. The van der Waals surface area contributed by atoms with Crippen LogP contribution in [-0.2, 0) is 19.5 Å². The standard InChI is InChI=1S/C16H17N5O/c17-16-13-11-20(10-12-4-3-9-22-12)8-6-14(13)19-21(16)15-5-1-2-7-18-15/h1-5,7,9H,6,8,10-11,17H2. The van der Waals surface area contributed by atoms with Crippen LogP contribution in [0.25, 0.3) is 5.82 Å². The third-order valence-corrected chi connectivity index (χ3v) is 3.98. The van der Waals surface area contributed by atoms with Gasteiger partial charge in [-0.1, -0.05) is 6.07 Å². The topological polar surface area (TPSA) is 73.1 Å². The zero-order valence-corrected chi connectivity index (χ0v) is 12.1. The molecule has 0 amide bonds. The van der Waals surface area contributed by atoms with Crippen LogP contribution in [0.2, 0.25) is 0 Å². The van der Waals surface area contributed by atoms with Gasteiger partial charge in [-0.3, -0.25) is 4.90 Å². The minimum Gasteiger partial charge on any atom is -0.468 e. The first-order chi connectivity index (χ1) is 10.8. The third-order valence-electron chi connectivity index (χ3n) is 3.98. The van der Waals surface area contributed by atoms with E-state index in [1.807, 2.05) is 30.3 Å². The summed E-state index contributed by atoms with van der Waals surface area (Å²) in [4.78, 5) is 6.65. The van der Waals surface area contributed by atoms with Gasteiger partial charge in [-0.25, -0.2) is 4.98 Å². The van der Waals surface area contributed by atoms with Crippen molar-refractivity contribution in [2.24, 2.45) is 0 Å². The van der Waals surface area contributed by atoms with Crippen LogP contribution in [0, 0.1) is 0 Å². The molecule has 0 unspecified atom stereocenters. The molecule has 0 bridgehead atoms. The molecular weight excluding hydrogens is 278 g/mol. The Labute approximate surface area is 128 Å². The van der Waals surface area contributed by atoms with E-state index in [0.717, 1.165) is 48.9 Å². The van der Waals surface area contributed by atoms with Crippen molar-refractivity contribution in [1.29, 1.82) is 0 Å². The average Bonchev–Trinajstić information content (AvgIpc) is 3.17. The highest BCUT2D eigenvalue weighted by atomic mass is 16.3. The van der Waals surface area contributed by atoms with Crippen LogP contribution < -0.4 is 5.73 Å². The number of nitrogens with zero attached hydrogens (tertiary/aromatic N) is 4. The predicted octanol–water partition coefficient (Wildman–Crippen LogP) is 2.00. The van der Waals surface area contributed by atoms with Crippen LogP contribution in [0.4, 0.5) is 5.82 Å². The summed E-state index contributed by atoms with van der Waals surface area (Å²) in [5.41, 5.74) is 8.47. The molecule has 1 aliphatic rings. The first kappa shape index (κ1) is 13.1. The maximum atomic E-state index is 6.30. The van der Waals surface area contributed by atoms with Gasteiger partial charge in [0.1, 0.15) is 11.6 Å². The molecule has 6 nitrogen and oxygen atoms in total. The second kappa shape index (κ2) is 5.31. The van der Waals surface area contributed by atoms with E-state index in [1.54, 1.807) is 17.1 Å². The van der Waals surface area contributed by atoms with Gasteiger partial charge in [-0.05, 0) is 24.3 Å². The lowest BCUT2D eigenvalue weighted by Gasteiger charge is -2.25. The Balaban J connectivity index is 1.61. The van der Waals surface area contributed by atoms with Gasteiger partial charge in [0.2, 0.25) is 0 Å². The van der Waals surface area contributed by atoms with Crippen LogP contribution in [0.1, 0.15) is 17.0 Å². The molecule has 0 radical (unpaired) electrons. The molecule has 3 aromatic heterocycles. The van der Waals surface area contributed by atoms with Crippen molar-refractivity contribution in [2.45, 2.75) is 19.5 Å². The average molecular weight is 295 g/mol. The van der Waals surface area contributed by atoms with Crippen molar-refractivity contribution >= 4 is 5.82 Å². The third kappa shape index (κ3) is 2.27. The van der Waals surface area contributed by atoms with E-state index in [1.165, 1.54) is 0 Å². The minimum atomic E-state index is 0.679. The minimum absolute atomic E-state index is 0.679. The number of fused-ring (bicyclic) bond motifs is 1. The molecule has 4 rings (SSSR count). The fraction of sp³-hybridized carbons (Fsp3) is 0.250. The zero-order valence-electron chi connectivity index (χ0n) is 12.1. The quantitative estimate of drug-likeness (QED) is 0.800. The summed E-state index contributed by atoms with van der Waals surface area (Å²) in [6.07, 6.45) is 4.34. The Morgan fingerprint density at radius 2 is 2.18 bits per heavy atom. The molecule has 22 heavy (non-hydrogen) atoms. The molecule has 6 heteroatoms. The summed E-state index contributed by atoms with van der Waals surface area (Å²) in [7, 11) is 0. The van der Waals surface area contributed by atoms with E-state index in [2.05, 4.69) is 15.0 Å². The van der Waals surface area contributed by atoms with E-state index in [9.17, 15) is 0 Å². The zero-order chi connectivity index (χ0) is 14.9. The van der Waals surface area contributed by atoms with Gasteiger partial charge in [0.15, 0.2) is 5.82 Å². The Kier molecular flexibility index (Phi) is 3.16. The summed E-state index contributed by atoms with van der Waals surface area (Å²) < 4.78 is 7.16. The molecule has 0 saturated heterocycles. The SMILES string of the molecule is Nc1c2c(nn1-c1ccccn1)CCN(Cc1ccco1)C2. The summed E-state index contributed by atoms with van der Waals surface area (Å²) in [6, 6.07) is 9.64. The van der Waals surface area contributed by atoms with Crippen LogP contribution in [0.5, 0.6) is 0 Å². The molecule has 112 valence electrons. The van der Waals surface area contributed by atoms with Crippen LogP contribution in [0.3, 0.4) is 0 Å². The van der Waals surface area contributed by atoms with Crippen LogP contribution in [0.15, 0.2) is 47.2 Å². The van der Waals surface area contributed by atoms with Gasteiger partial charge >= 0.3 is 0 Å². The van der Waals surface area contributed by atoms with E-state index in [4.69, 9.17) is 10.2 Å². The fourth-order valence-corrected chi connectivity index (χ4v) is 2.86. The number of furan rings is 1. The monoisotopic (exact) mass is 295 g/mol. The van der Waals surface area contributed by atoms with Crippen molar-refractivity contribution in [2.75, 3.05) is 12.3 Å². The Hall–Kier alpha value is -2.60. The van der Waals surface area contributed by atoms with Crippen molar-refractivity contribution in [3.8, 4) is 5.82 Å². The number of hydrogen-bond donors (Lipinski definition) is 1. The van der Waals surface area contributed by atoms with Gasteiger partial charge in [0, 0.05) is 31.3 Å². The highest BCUT2D eigenvalue weighted by molar-refractivity contribution is 5.49. The molecule has 0 aromatic carbocycles. The van der Waals surface area contributed by atoms with E-state index in [0.29, 0.717) is 5.82 Å². The van der Waals surface area contributed by atoms with E-state index in [-0.39, 0.29) is 0 Å². The smallest absolute Gasteiger partial charge is 0.155 e. The van der Waals surface area contributed by atoms with Gasteiger partial charge in [-0.2, -0.15) is 9.78 Å². The molecule has 0 atom stereocenters. The molecule has 4 heterocycles. The first-order valence-electron chi connectivity index (χ1n) is 7.33. The molecule has 0 aliphatic carbocycles. The van der Waals surface area contributed by atoms with Crippen molar-refractivity contribution < 1.29 is 4.42 Å². The lowest BCUT2D eigenvalue weighted by Crippen LogP contribution is -2.29. The highest BCUT2D eigenvalue weighted by Crippen LogP contribution is 2.26. The van der Waals surface area contributed by atoms with Gasteiger partial charge in [-0.15, -0.1) is 0 Å². The second-order valence-corrected chi connectivity index (χ2v) is 5.45. The molecule has 2 N–H and O–H groups in total. The lowest BCUT2D eigenvalue weighted by atomic mass is 10.1. The summed E-state index contributed by atoms with van der Waals surface area (Å²) >= 11 is 0. The molecule has 0 spiro atoms. The van der Waals surface area contributed by atoms with Crippen molar-refractivity contribution in [3.05, 3.63) is 59.8 Å². The summed E-state index contributed by atoms with van der Waals surface area (Å²) in [6.45, 7) is 2.53. The molecule has 3 aromatic rings. The van der Waals surface area contributed by atoms with Gasteiger partial charge < -0.3 is 10.2 Å². The number of pyridine rings is 1. The number of nitrogen functional groups attached to an aromatic ring is 1. The van der Waals surface area contributed by atoms with E-state index < -0.39 is 0 Å². The first-order valence-corrected chi connectivity index (χ1v) is 7.33. The second-order valence-electron chi connectivity index (χ2n) is 5.45. The maximum absolute atomic E-state index is 6.30. The number of nitrogens with two attached hydrogens (primary N) is 1. The van der Waals surface area contributed by atoms with Gasteiger partial charge in [0.05, 0.1) is 18.5 Å². The van der Waals surface area contributed by atoms with Crippen LogP contribution in [-0.4, -0.2) is 26.2 Å². The van der Waals surface area contributed by atoms with E-state index >= 15 is 0 Å². The van der Waals surface area contributed by atoms with Crippen molar-refractivity contribution in [1.82, 2.24) is 19.7 Å². The highest BCUT2D eigenvalue weighted by Gasteiger charge is 2.24. The number of anilines is 1. The Morgan fingerprint density at radius 3 is 2.95 bits per heavy atom.